The van der Waals surface area contributed by atoms with Crippen LogP contribution in [0.5, 0.6) is 5.75 Å². The summed E-state index contributed by atoms with van der Waals surface area (Å²) >= 11 is 0. The third-order valence-electron chi connectivity index (χ3n) is 2.52. The summed E-state index contributed by atoms with van der Waals surface area (Å²) < 4.78 is 17.9. The summed E-state index contributed by atoms with van der Waals surface area (Å²) in [5, 5.41) is 8.74. The first kappa shape index (κ1) is 12.5. The SMILES string of the molecule is COc1cc(F)ccc1CCC(C)C(=O)O. The zero-order chi connectivity index (χ0) is 12.1. The first-order chi connectivity index (χ1) is 7.54. The van der Waals surface area contributed by atoms with E-state index in [0.717, 1.165) is 5.56 Å². The summed E-state index contributed by atoms with van der Waals surface area (Å²) in [6.45, 7) is 1.65. The van der Waals surface area contributed by atoms with Crippen molar-refractivity contribution in [3.8, 4) is 5.75 Å². The van der Waals surface area contributed by atoms with Crippen molar-refractivity contribution in [1.82, 2.24) is 0 Å². The summed E-state index contributed by atoms with van der Waals surface area (Å²) in [5.74, 6) is -1.11. The summed E-state index contributed by atoms with van der Waals surface area (Å²) in [7, 11) is 1.47. The Balaban J connectivity index is 2.70. The van der Waals surface area contributed by atoms with Gasteiger partial charge in [0.05, 0.1) is 13.0 Å². The maximum atomic E-state index is 12.9. The Bertz CT molecular complexity index is 377. The van der Waals surface area contributed by atoms with E-state index in [1.54, 1.807) is 13.0 Å². The van der Waals surface area contributed by atoms with Crippen LogP contribution in [0.25, 0.3) is 0 Å². The van der Waals surface area contributed by atoms with Gasteiger partial charge in [-0.15, -0.1) is 0 Å². The molecular formula is C12H15FO3. The first-order valence-corrected chi connectivity index (χ1v) is 5.09. The second-order valence-corrected chi connectivity index (χ2v) is 3.73. The predicted octanol–water partition coefficient (Wildman–Crippen LogP) is 2.49. The topological polar surface area (TPSA) is 46.5 Å². The van der Waals surface area contributed by atoms with Gasteiger partial charge in [0.25, 0.3) is 0 Å². The van der Waals surface area contributed by atoms with Crippen LogP contribution < -0.4 is 4.74 Å². The van der Waals surface area contributed by atoms with E-state index >= 15 is 0 Å². The molecule has 0 aliphatic rings. The number of carbonyl (C=O) groups is 1. The Hall–Kier alpha value is -1.58. The lowest BCUT2D eigenvalue weighted by molar-refractivity contribution is -0.141. The van der Waals surface area contributed by atoms with Crippen molar-refractivity contribution in [2.24, 2.45) is 5.92 Å². The highest BCUT2D eigenvalue weighted by Gasteiger charge is 2.12. The van der Waals surface area contributed by atoms with E-state index in [0.29, 0.717) is 18.6 Å². The zero-order valence-corrected chi connectivity index (χ0v) is 9.37. The van der Waals surface area contributed by atoms with Crippen LogP contribution in [0.3, 0.4) is 0 Å². The van der Waals surface area contributed by atoms with E-state index in [2.05, 4.69) is 0 Å². The van der Waals surface area contributed by atoms with E-state index in [1.165, 1.54) is 19.2 Å². The summed E-state index contributed by atoms with van der Waals surface area (Å²) in [4.78, 5) is 10.6. The average molecular weight is 226 g/mol. The molecule has 0 saturated carbocycles. The summed E-state index contributed by atoms with van der Waals surface area (Å²) in [6, 6.07) is 4.28. The van der Waals surface area contributed by atoms with Crippen molar-refractivity contribution < 1.29 is 19.0 Å². The molecule has 0 aliphatic carbocycles. The highest BCUT2D eigenvalue weighted by molar-refractivity contribution is 5.69. The molecule has 0 amide bonds. The Kier molecular flexibility index (Phi) is 4.28. The van der Waals surface area contributed by atoms with E-state index < -0.39 is 11.9 Å². The van der Waals surface area contributed by atoms with E-state index in [-0.39, 0.29) is 5.82 Å². The lowest BCUT2D eigenvalue weighted by Gasteiger charge is -2.10. The van der Waals surface area contributed by atoms with Gasteiger partial charge >= 0.3 is 5.97 Å². The Morgan fingerprint density at radius 2 is 2.25 bits per heavy atom. The molecule has 0 radical (unpaired) electrons. The van der Waals surface area contributed by atoms with Gasteiger partial charge in [0.2, 0.25) is 0 Å². The maximum absolute atomic E-state index is 12.9. The van der Waals surface area contributed by atoms with Crippen LogP contribution in [0.15, 0.2) is 18.2 Å². The van der Waals surface area contributed by atoms with Crippen molar-refractivity contribution in [2.45, 2.75) is 19.8 Å². The monoisotopic (exact) mass is 226 g/mol. The summed E-state index contributed by atoms with van der Waals surface area (Å²) in [5.41, 5.74) is 0.831. The van der Waals surface area contributed by atoms with Gasteiger partial charge in [-0.2, -0.15) is 0 Å². The molecule has 0 fully saturated rings. The van der Waals surface area contributed by atoms with Crippen molar-refractivity contribution in [3.63, 3.8) is 0 Å². The standard InChI is InChI=1S/C12H15FO3/c1-8(12(14)15)3-4-9-5-6-10(13)7-11(9)16-2/h5-8H,3-4H2,1-2H3,(H,14,15). The van der Waals surface area contributed by atoms with Crippen LogP contribution in [-0.2, 0) is 11.2 Å². The first-order valence-electron chi connectivity index (χ1n) is 5.09. The molecule has 0 spiro atoms. The normalized spacial score (nSPS) is 12.2. The van der Waals surface area contributed by atoms with Gasteiger partial charge in [-0.25, -0.2) is 4.39 Å². The fraction of sp³-hybridized carbons (Fsp3) is 0.417. The average Bonchev–Trinajstić information content (AvgIpc) is 2.26. The number of rotatable bonds is 5. The van der Waals surface area contributed by atoms with Crippen LogP contribution in [0.1, 0.15) is 18.9 Å². The molecule has 1 N–H and O–H groups in total. The van der Waals surface area contributed by atoms with E-state index in [1.807, 2.05) is 0 Å². The Labute approximate surface area is 93.9 Å². The summed E-state index contributed by atoms with van der Waals surface area (Å²) in [6.07, 6.45) is 1.08. The molecule has 0 bridgehead atoms. The molecule has 1 unspecified atom stereocenters. The van der Waals surface area contributed by atoms with Crippen LogP contribution >= 0.6 is 0 Å². The van der Waals surface area contributed by atoms with Crippen molar-refractivity contribution in [3.05, 3.63) is 29.6 Å². The predicted molar refractivity (Wildman–Crippen MR) is 58.1 cm³/mol. The van der Waals surface area contributed by atoms with Gasteiger partial charge < -0.3 is 9.84 Å². The fourth-order valence-electron chi connectivity index (χ4n) is 1.42. The zero-order valence-electron chi connectivity index (χ0n) is 9.37. The minimum absolute atomic E-state index is 0.355. The highest BCUT2D eigenvalue weighted by Crippen LogP contribution is 2.22. The van der Waals surface area contributed by atoms with Crippen LogP contribution in [-0.4, -0.2) is 18.2 Å². The molecule has 0 heterocycles. The third-order valence-corrected chi connectivity index (χ3v) is 2.52. The molecule has 4 heteroatoms. The van der Waals surface area contributed by atoms with Crippen LogP contribution in [0.4, 0.5) is 4.39 Å². The fourth-order valence-corrected chi connectivity index (χ4v) is 1.42. The molecule has 1 aromatic carbocycles. The number of carboxylic acids is 1. The second-order valence-electron chi connectivity index (χ2n) is 3.73. The molecule has 1 rings (SSSR count). The quantitative estimate of drug-likeness (QED) is 0.839. The number of benzene rings is 1. The largest absolute Gasteiger partial charge is 0.496 e. The highest BCUT2D eigenvalue weighted by atomic mass is 19.1. The van der Waals surface area contributed by atoms with Gasteiger partial charge in [-0.1, -0.05) is 13.0 Å². The van der Waals surface area contributed by atoms with Crippen molar-refractivity contribution in [1.29, 1.82) is 0 Å². The molecule has 1 atom stereocenters. The number of aryl methyl sites for hydroxylation is 1. The van der Waals surface area contributed by atoms with Crippen molar-refractivity contribution in [2.75, 3.05) is 7.11 Å². The molecule has 3 nitrogen and oxygen atoms in total. The van der Waals surface area contributed by atoms with Gasteiger partial charge in [0.1, 0.15) is 11.6 Å². The molecule has 0 saturated heterocycles. The number of halogens is 1. The minimum atomic E-state index is -0.818. The molecule has 0 aromatic heterocycles. The number of carboxylic acid groups (broad SMARTS) is 1. The molecular weight excluding hydrogens is 211 g/mol. The number of hydrogen-bond donors (Lipinski definition) is 1. The number of ether oxygens (including phenoxy) is 1. The molecule has 16 heavy (non-hydrogen) atoms. The number of methoxy groups -OCH3 is 1. The number of aliphatic carboxylic acids is 1. The lowest BCUT2D eigenvalue weighted by atomic mass is 10.0. The van der Waals surface area contributed by atoms with Gasteiger partial charge in [0, 0.05) is 6.07 Å². The molecule has 1 aromatic rings. The third kappa shape index (κ3) is 3.22. The molecule has 88 valence electrons. The van der Waals surface area contributed by atoms with Crippen LogP contribution in [0.2, 0.25) is 0 Å². The Morgan fingerprint density at radius 1 is 1.56 bits per heavy atom. The smallest absolute Gasteiger partial charge is 0.306 e. The van der Waals surface area contributed by atoms with Crippen molar-refractivity contribution >= 4 is 5.97 Å². The lowest BCUT2D eigenvalue weighted by Crippen LogP contribution is -2.10. The van der Waals surface area contributed by atoms with Gasteiger partial charge in [-0.05, 0) is 24.5 Å². The Morgan fingerprint density at radius 3 is 2.81 bits per heavy atom. The minimum Gasteiger partial charge on any atom is -0.496 e. The van der Waals surface area contributed by atoms with Crippen LogP contribution in [0, 0.1) is 11.7 Å². The van der Waals surface area contributed by atoms with E-state index in [9.17, 15) is 9.18 Å². The van der Waals surface area contributed by atoms with Gasteiger partial charge in [-0.3, -0.25) is 4.79 Å². The van der Waals surface area contributed by atoms with E-state index in [4.69, 9.17) is 9.84 Å². The second kappa shape index (κ2) is 5.49. The maximum Gasteiger partial charge on any atom is 0.306 e. The number of hydrogen-bond acceptors (Lipinski definition) is 2. The molecule has 0 aliphatic heterocycles. The van der Waals surface area contributed by atoms with Gasteiger partial charge in [0.15, 0.2) is 0 Å².